The smallest absolute Gasteiger partial charge is 0.389 e. The van der Waals surface area contributed by atoms with E-state index in [2.05, 4.69) is 0 Å². The second-order valence-electron chi connectivity index (χ2n) is 3.76. The number of hydrogen-bond acceptors (Lipinski definition) is 2. The lowest BCUT2D eigenvalue weighted by Gasteiger charge is -2.23. The second kappa shape index (κ2) is 5.56. The fourth-order valence-electron chi connectivity index (χ4n) is 1.77. The maximum absolute atomic E-state index is 12.8. The monoisotopic (exact) mass is 276 g/mol. The average molecular weight is 276 g/mol. The summed E-state index contributed by atoms with van der Waals surface area (Å²) in [4.78, 5) is 1.69. The molecule has 0 unspecified atom stereocenters. The van der Waals surface area contributed by atoms with E-state index in [1.807, 2.05) is 18.7 Å². The summed E-state index contributed by atoms with van der Waals surface area (Å²) in [6.07, 6.45) is -4.44. The molecule has 0 fully saturated rings. The number of anilines is 1. The lowest BCUT2D eigenvalue weighted by Crippen LogP contribution is -2.24. The van der Waals surface area contributed by atoms with E-state index in [0.29, 0.717) is 18.8 Å². The van der Waals surface area contributed by atoms with E-state index in [0.717, 1.165) is 6.07 Å². The number of benzene rings is 1. The topological polar surface area (TPSA) is 29.3 Å². The Morgan fingerprint density at radius 2 is 1.83 bits per heavy atom. The summed E-state index contributed by atoms with van der Waals surface area (Å²) in [5.41, 5.74) is 5.16. The standard InChI is InChI=1S/C12H15F3N2S/c1-3-17(4-2)8-5-6-10(12(13,14)15)9(7-8)11(16)18/h5-7H,3-4H2,1-2H3,(H2,16,18). The summed E-state index contributed by atoms with van der Waals surface area (Å²) in [7, 11) is 0. The van der Waals surface area contributed by atoms with Crippen molar-refractivity contribution in [3.05, 3.63) is 29.3 Å². The van der Waals surface area contributed by atoms with Gasteiger partial charge in [0.05, 0.1) is 5.56 Å². The molecular formula is C12H15F3N2S. The highest BCUT2D eigenvalue weighted by Gasteiger charge is 2.34. The van der Waals surface area contributed by atoms with Crippen molar-refractivity contribution in [2.45, 2.75) is 20.0 Å². The third kappa shape index (κ3) is 3.13. The quantitative estimate of drug-likeness (QED) is 0.856. The van der Waals surface area contributed by atoms with E-state index in [1.54, 1.807) is 0 Å². The highest BCUT2D eigenvalue weighted by Crippen LogP contribution is 2.34. The molecule has 1 rings (SSSR count). The van der Waals surface area contributed by atoms with Gasteiger partial charge in [-0.3, -0.25) is 0 Å². The van der Waals surface area contributed by atoms with Gasteiger partial charge >= 0.3 is 6.18 Å². The van der Waals surface area contributed by atoms with Crippen LogP contribution >= 0.6 is 12.2 Å². The Morgan fingerprint density at radius 1 is 1.28 bits per heavy atom. The van der Waals surface area contributed by atoms with E-state index >= 15 is 0 Å². The molecule has 18 heavy (non-hydrogen) atoms. The molecule has 0 saturated heterocycles. The molecule has 0 amide bonds. The van der Waals surface area contributed by atoms with Crippen molar-refractivity contribution in [1.82, 2.24) is 0 Å². The van der Waals surface area contributed by atoms with E-state index in [9.17, 15) is 13.2 Å². The largest absolute Gasteiger partial charge is 0.417 e. The van der Waals surface area contributed by atoms with Gasteiger partial charge in [0.2, 0.25) is 0 Å². The minimum absolute atomic E-state index is 0.123. The van der Waals surface area contributed by atoms with E-state index in [4.69, 9.17) is 18.0 Å². The molecule has 0 spiro atoms. The number of thiocarbonyl (C=S) groups is 1. The van der Waals surface area contributed by atoms with Crippen molar-refractivity contribution < 1.29 is 13.2 Å². The molecule has 2 N–H and O–H groups in total. The van der Waals surface area contributed by atoms with Crippen LogP contribution in [0.5, 0.6) is 0 Å². The summed E-state index contributed by atoms with van der Waals surface area (Å²) >= 11 is 4.70. The molecule has 2 nitrogen and oxygen atoms in total. The van der Waals surface area contributed by atoms with Crippen LogP contribution in [0.25, 0.3) is 0 Å². The SMILES string of the molecule is CCN(CC)c1ccc(C(F)(F)F)c(C(N)=S)c1. The minimum Gasteiger partial charge on any atom is -0.389 e. The maximum atomic E-state index is 12.8. The summed E-state index contributed by atoms with van der Waals surface area (Å²) in [6, 6.07) is 3.87. The first-order chi connectivity index (χ1) is 8.31. The zero-order valence-electron chi connectivity index (χ0n) is 10.2. The molecule has 6 heteroatoms. The number of hydrogen-bond donors (Lipinski definition) is 1. The van der Waals surface area contributed by atoms with Crippen LogP contribution in [0.15, 0.2) is 18.2 Å². The molecule has 0 heterocycles. The Kier molecular flexibility index (Phi) is 4.56. The Morgan fingerprint density at radius 3 is 2.22 bits per heavy atom. The van der Waals surface area contributed by atoms with Crippen LogP contribution in [0.3, 0.4) is 0 Å². The lowest BCUT2D eigenvalue weighted by molar-refractivity contribution is -0.137. The van der Waals surface area contributed by atoms with Gasteiger partial charge in [0.25, 0.3) is 0 Å². The molecule has 0 aliphatic rings. The third-order valence-electron chi connectivity index (χ3n) is 2.70. The van der Waals surface area contributed by atoms with Gasteiger partial charge in [0, 0.05) is 24.3 Å². The Bertz CT molecular complexity index is 439. The molecule has 1 aromatic rings. The van der Waals surface area contributed by atoms with Crippen molar-refractivity contribution in [3.63, 3.8) is 0 Å². The van der Waals surface area contributed by atoms with Crippen molar-refractivity contribution in [1.29, 1.82) is 0 Å². The molecule has 0 aromatic heterocycles. The fourth-order valence-corrected chi connectivity index (χ4v) is 1.94. The zero-order chi connectivity index (χ0) is 13.9. The number of nitrogens with zero attached hydrogens (tertiary/aromatic N) is 1. The predicted molar refractivity (Wildman–Crippen MR) is 70.9 cm³/mol. The van der Waals surface area contributed by atoms with Crippen molar-refractivity contribution in [3.8, 4) is 0 Å². The number of nitrogens with two attached hydrogens (primary N) is 1. The normalized spacial score (nSPS) is 11.4. The first-order valence-corrected chi connectivity index (χ1v) is 5.98. The van der Waals surface area contributed by atoms with Crippen molar-refractivity contribution >= 4 is 22.9 Å². The first kappa shape index (κ1) is 14.8. The Labute approximate surface area is 110 Å². The van der Waals surface area contributed by atoms with Crippen LogP contribution in [-0.2, 0) is 6.18 Å². The minimum atomic E-state index is -4.44. The Balaban J connectivity index is 3.32. The molecule has 0 bridgehead atoms. The zero-order valence-corrected chi connectivity index (χ0v) is 11.0. The highest BCUT2D eigenvalue weighted by molar-refractivity contribution is 7.80. The van der Waals surface area contributed by atoms with Crippen LogP contribution in [0, 0.1) is 0 Å². The van der Waals surface area contributed by atoms with Gasteiger partial charge in [-0.25, -0.2) is 0 Å². The van der Waals surface area contributed by atoms with Crippen LogP contribution < -0.4 is 10.6 Å². The lowest BCUT2D eigenvalue weighted by atomic mass is 10.1. The van der Waals surface area contributed by atoms with Crippen molar-refractivity contribution in [2.75, 3.05) is 18.0 Å². The number of halogens is 3. The summed E-state index contributed by atoms with van der Waals surface area (Å²) in [5.74, 6) is 0. The highest BCUT2D eigenvalue weighted by atomic mass is 32.1. The number of alkyl halides is 3. The average Bonchev–Trinajstić information content (AvgIpc) is 2.29. The molecule has 0 saturated carbocycles. The van der Waals surface area contributed by atoms with E-state index in [1.165, 1.54) is 12.1 Å². The molecular weight excluding hydrogens is 261 g/mol. The van der Waals surface area contributed by atoms with Crippen LogP contribution in [0.1, 0.15) is 25.0 Å². The van der Waals surface area contributed by atoms with Crippen LogP contribution in [0.2, 0.25) is 0 Å². The summed E-state index contributed by atoms with van der Waals surface area (Å²) < 4.78 is 38.3. The maximum Gasteiger partial charge on any atom is 0.417 e. The van der Waals surface area contributed by atoms with Gasteiger partial charge in [0.15, 0.2) is 0 Å². The van der Waals surface area contributed by atoms with Gasteiger partial charge in [-0.2, -0.15) is 13.2 Å². The molecule has 0 atom stereocenters. The van der Waals surface area contributed by atoms with Gasteiger partial charge in [-0.15, -0.1) is 0 Å². The summed E-state index contributed by atoms with van der Waals surface area (Å²) in [6.45, 7) is 5.28. The van der Waals surface area contributed by atoms with E-state index < -0.39 is 11.7 Å². The number of rotatable bonds is 4. The Hall–Kier alpha value is -1.30. The van der Waals surface area contributed by atoms with Crippen molar-refractivity contribution in [2.24, 2.45) is 5.73 Å². The second-order valence-corrected chi connectivity index (χ2v) is 4.20. The molecule has 0 aliphatic carbocycles. The van der Waals surface area contributed by atoms with E-state index in [-0.39, 0.29) is 10.6 Å². The van der Waals surface area contributed by atoms with Gasteiger partial charge in [0.1, 0.15) is 4.99 Å². The van der Waals surface area contributed by atoms with Gasteiger partial charge in [-0.05, 0) is 32.0 Å². The molecule has 100 valence electrons. The fraction of sp³-hybridized carbons (Fsp3) is 0.417. The molecule has 0 radical (unpaired) electrons. The van der Waals surface area contributed by atoms with Gasteiger partial charge < -0.3 is 10.6 Å². The van der Waals surface area contributed by atoms with Crippen LogP contribution in [-0.4, -0.2) is 18.1 Å². The molecule has 0 aliphatic heterocycles. The first-order valence-electron chi connectivity index (χ1n) is 5.57. The third-order valence-corrected chi connectivity index (χ3v) is 2.92. The van der Waals surface area contributed by atoms with Gasteiger partial charge in [-0.1, -0.05) is 12.2 Å². The molecule has 1 aromatic carbocycles. The summed E-state index contributed by atoms with van der Waals surface area (Å²) in [5, 5.41) is 0. The van der Waals surface area contributed by atoms with Crippen LogP contribution in [0.4, 0.5) is 18.9 Å². The predicted octanol–water partition coefficient (Wildman–Crippen LogP) is 3.19.